The maximum Gasteiger partial charge on any atom is 0.309 e. The molecule has 154 valence electrons. The summed E-state index contributed by atoms with van der Waals surface area (Å²) in [6, 6.07) is 2.60. The van der Waals surface area contributed by atoms with Gasteiger partial charge in [0.1, 0.15) is 6.10 Å². The molecule has 2 aliphatic carbocycles. The molecule has 2 rings (SSSR count). The Morgan fingerprint density at radius 2 is 1.59 bits per heavy atom. The maximum absolute atomic E-state index is 12.6. The van der Waals surface area contributed by atoms with Crippen LogP contribution in [0.15, 0.2) is 0 Å². The zero-order valence-electron chi connectivity index (χ0n) is 17.8. The Morgan fingerprint density at radius 1 is 0.963 bits per heavy atom. The van der Waals surface area contributed by atoms with Crippen LogP contribution >= 0.6 is 0 Å². The third kappa shape index (κ3) is 7.13. The average molecular weight is 376 g/mol. The van der Waals surface area contributed by atoms with Crippen LogP contribution in [0, 0.1) is 28.6 Å². The van der Waals surface area contributed by atoms with Crippen LogP contribution < -0.4 is 0 Å². The summed E-state index contributed by atoms with van der Waals surface area (Å²) in [7, 11) is 0. The number of esters is 1. The van der Waals surface area contributed by atoms with Gasteiger partial charge in [-0.15, -0.1) is 0 Å². The van der Waals surface area contributed by atoms with Crippen molar-refractivity contribution in [1.82, 2.24) is 0 Å². The third-order valence-electron chi connectivity index (χ3n) is 7.06. The SMILES string of the molecule is CCCCC[C@H]1CC[C@H](C(=O)O[C@H]2CC[C@](C#N)(CCCCC)CC2)CC1. The molecule has 2 fully saturated rings. The Kier molecular flexibility index (Phi) is 9.66. The van der Waals surface area contributed by atoms with E-state index in [2.05, 4.69) is 19.9 Å². The van der Waals surface area contributed by atoms with Gasteiger partial charge in [-0.2, -0.15) is 5.26 Å². The van der Waals surface area contributed by atoms with Crippen molar-refractivity contribution in [1.29, 1.82) is 5.26 Å². The minimum absolute atomic E-state index is 0.0439. The van der Waals surface area contributed by atoms with E-state index in [1.807, 2.05) is 0 Å². The maximum atomic E-state index is 12.6. The van der Waals surface area contributed by atoms with Gasteiger partial charge >= 0.3 is 5.97 Å². The number of rotatable bonds is 10. The van der Waals surface area contributed by atoms with Gasteiger partial charge in [0, 0.05) is 0 Å². The number of unbranched alkanes of at least 4 members (excludes halogenated alkanes) is 4. The van der Waals surface area contributed by atoms with Crippen molar-refractivity contribution >= 4 is 5.97 Å². The van der Waals surface area contributed by atoms with Gasteiger partial charge in [0.15, 0.2) is 0 Å². The normalized spacial score (nSPS) is 31.2. The first-order valence-corrected chi connectivity index (χ1v) is 11.7. The monoisotopic (exact) mass is 375 g/mol. The molecule has 0 N–H and O–H groups in total. The number of nitriles is 1. The summed E-state index contributed by atoms with van der Waals surface area (Å²) in [4.78, 5) is 12.6. The first-order chi connectivity index (χ1) is 13.1. The lowest BCUT2D eigenvalue weighted by atomic mass is 9.71. The Bertz CT molecular complexity index is 465. The molecule has 0 unspecified atom stereocenters. The van der Waals surface area contributed by atoms with Gasteiger partial charge in [-0.05, 0) is 63.7 Å². The lowest BCUT2D eigenvalue weighted by Gasteiger charge is -2.35. The van der Waals surface area contributed by atoms with Crippen molar-refractivity contribution in [3.05, 3.63) is 0 Å². The highest BCUT2D eigenvalue weighted by Gasteiger charge is 2.37. The van der Waals surface area contributed by atoms with Crippen LogP contribution in [0.2, 0.25) is 0 Å². The molecule has 2 saturated carbocycles. The Morgan fingerprint density at radius 3 is 2.19 bits per heavy atom. The van der Waals surface area contributed by atoms with Gasteiger partial charge in [0.2, 0.25) is 0 Å². The molecule has 0 aromatic rings. The highest BCUT2D eigenvalue weighted by molar-refractivity contribution is 5.72. The summed E-state index contributed by atoms with van der Waals surface area (Å²) in [5, 5.41) is 9.66. The molecule has 0 saturated heterocycles. The van der Waals surface area contributed by atoms with Gasteiger partial charge in [0.25, 0.3) is 0 Å². The predicted octanol–water partition coefficient (Wildman–Crippen LogP) is 6.95. The van der Waals surface area contributed by atoms with E-state index in [1.54, 1.807) is 0 Å². The molecule has 2 aliphatic rings. The second-order valence-corrected chi connectivity index (χ2v) is 9.20. The largest absolute Gasteiger partial charge is 0.462 e. The van der Waals surface area contributed by atoms with Crippen LogP contribution in [0.3, 0.4) is 0 Å². The van der Waals surface area contributed by atoms with Crippen molar-refractivity contribution in [2.75, 3.05) is 0 Å². The molecule has 0 aliphatic heterocycles. The smallest absolute Gasteiger partial charge is 0.309 e. The van der Waals surface area contributed by atoms with E-state index in [4.69, 9.17) is 4.74 Å². The minimum Gasteiger partial charge on any atom is -0.462 e. The number of carbonyl (C=O) groups is 1. The molecule has 27 heavy (non-hydrogen) atoms. The van der Waals surface area contributed by atoms with Gasteiger partial charge in [-0.3, -0.25) is 4.79 Å². The molecule has 0 atom stereocenters. The second-order valence-electron chi connectivity index (χ2n) is 9.20. The predicted molar refractivity (Wildman–Crippen MR) is 110 cm³/mol. The first kappa shape index (κ1) is 22.3. The van der Waals surface area contributed by atoms with E-state index in [9.17, 15) is 10.1 Å². The van der Waals surface area contributed by atoms with Crippen molar-refractivity contribution in [2.45, 2.75) is 123 Å². The van der Waals surface area contributed by atoms with E-state index in [-0.39, 0.29) is 23.4 Å². The topological polar surface area (TPSA) is 50.1 Å². The van der Waals surface area contributed by atoms with E-state index in [1.165, 1.54) is 51.4 Å². The van der Waals surface area contributed by atoms with Crippen LogP contribution in [0.5, 0.6) is 0 Å². The Hall–Kier alpha value is -1.04. The fourth-order valence-electron chi connectivity index (χ4n) is 5.02. The molecule has 0 spiro atoms. The summed E-state index contributed by atoms with van der Waals surface area (Å²) in [5.74, 6) is 0.997. The summed E-state index contributed by atoms with van der Waals surface area (Å²) in [5.41, 5.74) is -0.158. The van der Waals surface area contributed by atoms with Crippen molar-refractivity contribution in [3.8, 4) is 6.07 Å². The lowest BCUT2D eigenvalue weighted by molar-refractivity contribution is -0.158. The average Bonchev–Trinajstić information content (AvgIpc) is 2.70. The van der Waals surface area contributed by atoms with Gasteiger partial charge in [0.05, 0.1) is 17.4 Å². The lowest BCUT2D eigenvalue weighted by Crippen LogP contribution is -2.33. The number of hydrogen-bond acceptors (Lipinski definition) is 3. The van der Waals surface area contributed by atoms with E-state index < -0.39 is 0 Å². The molecule has 3 nitrogen and oxygen atoms in total. The molecular formula is C24H41NO2. The number of ether oxygens (including phenoxy) is 1. The van der Waals surface area contributed by atoms with Gasteiger partial charge in [-0.25, -0.2) is 0 Å². The van der Waals surface area contributed by atoms with E-state index in [0.29, 0.717) is 0 Å². The van der Waals surface area contributed by atoms with E-state index in [0.717, 1.165) is 57.3 Å². The summed E-state index contributed by atoms with van der Waals surface area (Å²) in [6.45, 7) is 4.46. The van der Waals surface area contributed by atoms with Crippen molar-refractivity contribution in [3.63, 3.8) is 0 Å². The molecule has 3 heteroatoms. The van der Waals surface area contributed by atoms with Crippen molar-refractivity contribution in [2.24, 2.45) is 17.3 Å². The minimum atomic E-state index is -0.158. The third-order valence-corrected chi connectivity index (χ3v) is 7.06. The highest BCUT2D eigenvalue weighted by atomic mass is 16.5. The summed E-state index contributed by atoms with van der Waals surface area (Å²) >= 11 is 0. The number of nitrogens with zero attached hydrogens (tertiary/aromatic N) is 1. The second kappa shape index (κ2) is 11.7. The van der Waals surface area contributed by atoms with Crippen molar-refractivity contribution < 1.29 is 9.53 Å². The van der Waals surface area contributed by atoms with Crippen LogP contribution in [0.4, 0.5) is 0 Å². The zero-order chi connectivity index (χ0) is 19.5. The van der Waals surface area contributed by atoms with Crippen LogP contribution in [0.25, 0.3) is 0 Å². The molecule has 0 radical (unpaired) electrons. The zero-order valence-corrected chi connectivity index (χ0v) is 17.8. The Balaban J connectivity index is 1.68. The molecule has 0 heterocycles. The highest BCUT2D eigenvalue weighted by Crippen LogP contribution is 2.41. The quantitative estimate of drug-likeness (QED) is 0.306. The van der Waals surface area contributed by atoms with E-state index >= 15 is 0 Å². The first-order valence-electron chi connectivity index (χ1n) is 11.7. The molecule has 0 aromatic heterocycles. The van der Waals surface area contributed by atoms with Gasteiger partial charge in [-0.1, -0.05) is 58.8 Å². The fourth-order valence-corrected chi connectivity index (χ4v) is 5.02. The Labute approximate surface area is 167 Å². The van der Waals surface area contributed by atoms with Gasteiger partial charge < -0.3 is 4.74 Å². The molecule has 0 aromatic carbocycles. The summed E-state index contributed by atoms with van der Waals surface area (Å²) < 4.78 is 5.88. The van der Waals surface area contributed by atoms with Crippen LogP contribution in [-0.4, -0.2) is 12.1 Å². The number of carbonyl (C=O) groups excluding carboxylic acids is 1. The van der Waals surface area contributed by atoms with Crippen LogP contribution in [0.1, 0.15) is 117 Å². The fraction of sp³-hybridized carbons (Fsp3) is 0.917. The molecule has 0 bridgehead atoms. The van der Waals surface area contributed by atoms with Crippen LogP contribution in [-0.2, 0) is 9.53 Å². The summed E-state index contributed by atoms with van der Waals surface area (Å²) in [6.07, 6.45) is 17.9. The molecule has 0 amide bonds. The molecular weight excluding hydrogens is 334 g/mol. The standard InChI is InChI=1S/C24H41NO2/c1-3-5-7-9-20-10-12-21(13-11-20)23(26)27-22-14-17-24(19-25,18-15-22)16-8-6-4-2/h20-22H,3-18H2,1-2H3/t20-,21-,22-,24+. The number of hydrogen-bond donors (Lipinski definition) is 0.